The van der Waals surface area contributed by atoms with Gasteiger partial charge in [-0.25, -0.2) is 0 Å². The number of aryl methyl sites for hydroxylation is 1. The predicted molar refractivity (Wildman–Crippen MR) is 92.1 cm³/mol. The number of amides is 1. The zero-order valence-electron chi connectivity index (χ0n) is 14.3. The molecule has 1 aliphatic heterocycles. The van der Waals surface area contributed by atoms with Gasteiger partial charge < -0.3 is 10.2 Å². The summed E-state index contributed by atoms with van der Waals surface area (Å²) < 4.78 is 0. The first-order chi connectivity index (χ1) is 10.6. The quantitative estimate of drug-likeness (QED) is 0.875. The number of carbonyl (C=O) groups is 1. The third kappa shape index (κ3) is 4.57. The summed E-state index contributed by atoms with van der Waals surface area (Å²) >= 11 is 0. The molecule has 1 aromatic rings. The fourth-order valence-electron chi connectivity index (χ4n) is 3.27. The summed E-state index contributed by atoms with van der Waals surface area (Å²) in [6.07, 6.45) is 3.95. The number of likely N-dealkylation sites (tertiary alicyclic amines) is 1. The van der Waals surface area contributed by atoms with Gasteiger partial charge in [-0.1, -0.05) is 38.1 Å². The Balaban J connectivity index is 1.83. The van der Waals surface area contributed by atoms with Crippen molar-refractivity contribution < 1.29 is 4.79 Å². The first-order valence-corrected chi connectivity index (χ1v) is 8.65. The van der Waals surface area contributed by atoms with Crippen LogP contribution in [0.15, 0.2) is 24.3 Å². The summed E-state index contributed by atoms with van der Waals surface area (Å²) in [7, 11) is 2.00. The number of hydrogen-bond acceptors (Lipinski definition) is 2. The fraction of sp³-hybridized carbons (Fsp3) is 0.632. The molecule has 3 heteroatoms. The molecule has 1 fully saturated rings. The summed E-state index contributed by atoms with van der Waals surface area (Å²) in [6.45, 7) is 7.24. The highest BCUT2D eigenvalue weighted by Gasteiger charge is 2.23. The summed E-state index contributed by atoms with van der Waals surface area (Å²) in [5, 5.41) is 3.24. The third-order valence-electron chi connectivity index (χ3n) is 4.90. The van der Waals surface area contributed by atoms with Crippen molar-refractivity contribution in [2.45, 2.75) is 45.4 Å². The van der Waals surface area contributed by atoms with Gasteiger partial charge in [0.1, 0.15) is 0 Å². The van der Waals surface area contributed by atoms with Gasteiger partial charge in [-0.05, 0) is 55.8 Å². The van der Waals surface area contributed by atoms with E-state index in [1.165, 1.54) is 11.1 Å². The number of hydrogen-bond donors (Lipinski definition) is 1. The van der Waals surface area contributed by atoms with E-state index in [9.17, 15) is 4.79 Å². The van der Waals surface area contributed by atoms with Crippen LogP contribution >= 0.6 is 0 Å². The molecule has 1 aliphatic rings. The van der Waals surface area contributed by atoms with Crippen molar-refractivity contribution in [1.29, 1.82) is 0 Å². The highest BCUT2D eigenvalue weighted by molar-refractivity contribution is 5.77. The lowest BCUT2D eigenvalue weighted by Crippen LogP contribution is -2.40. The molecule has 1 amide bonds. The Morgan fingerprint density at radius 3 is 2.45 bits per heavy atom. The molecule has 122 valence electrons. The molecule has 1 unspecified atom stereocenters. The molecule has 0 aliphatic carbocycles. The second kappa shape index (κ2) is 8.33. The van der Waals surface area contributed by atoms with Crippen LogP contribution in [0.3, 0.4) is 0 Å². The van der Waals surface area contributed by atoms with Gasteiger partial charge in [-0.15, -0.1) is 0 Å². The van der Waals surface area contributed by atoms with Gasteiger partial charge in [0, 0.05) is 19.5 Å². The number of piperidine rings is 1. The van der Waals surface area contributed by atoms with Crippen molar-refractivity contribution in [2.24, 2.45) is 5.92 Å². The van der Waals surface area contributed by atoms with Gasteiger partial charge in [-0.2, -0.15) is 0 Å². The zero-order chi connectivity index (χ0) is 15.9. The Hall–Kier alpha value is -1.35. The van der Waals surface area contributed by atoms with Crippen LogP contribution in [-0.4, -0.2) is 37.5 Å². The van der Waals surface area contributed by atoms with Crippen molar-refractivity contribution in [3.8, 4) is 0 Å². The largest absolute Gasteiger partial charge is 0.343 e. The molecule has 1 saturated heterocycles. The molecule has 1 N–H and O–H groups in total. The lowest BCUT2D eigenvalue weighted by atomic mass is 9.93. The van der Waals surface area contributed by atoms with Gasteiger partial charge in [-0.3, -0.25) is 4.79 Å². The zero-order valence-corrected chi connectivity index (χ0v) is 14.3. The van der Waals surface area contributed by atoms with Crippen molar-refractivity contribution in [1.82, 2.24) is 10.2 Å². The highest BCUT2D eigenvalue weighted by Crippen LogP contribution is 2.23. The SMILES string of the molecule is CCc1ccc(C(C)CC(=O)N2CCC(CNC)CC2)cc1. The maximum atomic E-state index is 12.5. The average Bonchev–Trinajstić information content (AvgIpc) is 2.55. The molecular weight excluding hydrogens is 272 g/mol. The first-order valence-electron chi connectivity index (χ1n) is 8.65. The monoisotopic (exact) mass is 302 g/mol. The van der Waals surface area contributed by atoms with Crippen LogP contribution in [0.1, 0.15) is 50.2 Å². The van der Waals surface area contributed by atoms with Gasteiger partial charge in [0.25, 0.3) is 0 Å². The minimum Gasteiger partial charge on any atom is -0.343 e. The van der Waals surface area contributed by atoms with E-state index in [4.69, 9.17) is 0 Å². The topological polar surface area (TPSA) is 32.3 Å². The van der Waals surface area contributed by atoms with Crippen molar-refractivity contribution in [3.05, 3.63) is 35.4 Å². The molecule has 1 atom stereocenters. The minimum absolute atomic E-state index is 0.299. The summed E-state index contributed by atoms with van der Waals surface area (Å²) in [4.78, 5) is 14.5. The van der Waals surface area contributed by atoms with Gasteiger partial charge >= 0.3 is 0 Å². The number of benzene rings is 1. The average molecular weight is 302 g/mol. The van der Waals surface area contributed by atoms with Crippen LogP contribution < -0.4 is 5.32 Å². The summed E-state index contributed by atoms with van der Waals surface area (Å²) in [6, 6.07) is 8.71. The lowest BCUT2D eigenvalue weighted by Gasteiger charge is -2.32. The minimum atomic E-state index is 0.299. The summed E-state index contributed by atoms with van der Waals surface area (Å²) in [5.41, 5.74) is 2.63. The van der Waals surface area contributed by atoms with Gasteiger partial charge in [0.15, 0.2) is 0 Å². The van der Waals surface area contributed by atoms with Crippen molar-refractivity contribution in [3.63, 3.8) is 0 Å². The van der Waals surface area contributed by atoms with E-state index < -0.39 is 0 Å². The molecule has 1 heterocycles. The van der Waals surface area contributed by atoms with Crippen LogP contribution in [0.4, 0.5) is 0 Å². The van der Waals surface area contributed by atoms with Crippen LogP contribution in [0, 0.1) is 5.92 Å². The number of nitrogens with zero attached hydrogens (tertiary/aromatic N) is 1. The van der Waals surface area contributed by atoms with Crippen LogP contribution in [-0.2, 0) is 11.2 Å². The van der Waals surface area contributed by atoms with Crippen molar-refractivity contribution in [2.75, 3.05) is 26.7 Å². The number of rotatable bonds is 6. The maximum Gasteiger partial charge on any atom is 0.223 e. The van der Waals surface area contributed by atoms with Crippen molar-refractivity contribution >= 4 is 5.91 Å². The summed E-state index contributed by atoms with van der Waals surface area (Å²) in [5.74, 6) is 1.34. The van der Waals surface area contributed by atoms with E-state index in [-0.39, 0.29) is 0 Å². The lowest BCUT2D eigenvalue weighted by molar-refractivity contribution is -0.132. The maximum absolute atomic E-state index is 12.5. The normalized spacial score (nSPS) is 17.5. The van der Waals surface area contributed by atoms with Gasteiger partial charge in [0.2, 0.25) is 5.91 Å². The standard InChI is InChI=1S/C19H30N2O/c1-4-16-5-7-18(8-6-16)15(2)13-19(22)21-11-9-17(10-12-21)14-20-3/h5-8,15,17,20H,4,9-14H2,1-3H3. The molecule has 0 radical (unpaired) electrons. The van der Waals surface area contributed by atoms with E-state index >= 15 is 0 Å². The Morgan fingerprint density at radius 2 is 1.91 bits per heavy atom. The Morgan fingerprint density at radius 1 is 1.27 bits per heavy atom. The first kappa shape index (κ1) is 17.0. The Bertz CT molecular complexity index is 461. The molecule has 3 nitrogen and oxygen atoms in total. The van der Waals surface area contributed by atoms with E-state index in [1.54, 1.807) is 0 Å². The molecule has 2 rings (SSSR count). The molecular formula is C19H30N2O. The number of nitrogens with one attached hydrogen (secondary N) is 1. The Kier molecular flexibility index (Phi) is 6.44. The second-order valence-electron chi connectivity index (χ2n) is 6.58. The molecule has 1 aromatic carbocycles. The van der Waals surface area contributed by atoms with E-state index in [2.05, 4.69) is 48.3 Å². The van der Waals surface area contributed by atoms with E-state index in [1.807, 2.05) is 7.05 Å². The second-order valence-corrected chi connectivity index (χ2v) is 6.58. The molecule has 0 spiro atoms. The van der Waals surface area contributed by atoms with E-state index in [0.717, 1.165) is 44.8 Å². The third-order valence-corrected chi connectivity index (χ3v) is 4.90. The highest BCUT2D eigenvalue weighted by atomic mass is 16.2. The van der Waals surface area contributed by atoms with Gasteiger partial charge in [0.05, 0.1) is 0 Å². The fourth-order valence-corrected chi connectivity index (χ4v) is 3.27. The van der Waals surface area contributed by atoms with Crippen LogP contribution in [0.2, 0.25) is 0 Å². The van der Waals surface area contributed by atoms with E-state index in [0.29, 0.717) is 18.2 Å². The van der Waals surface area contributed by atoms with Crippen LogP contribution in [0.5, 0.6) is 0 Å². The molecule has 0 aromatic heterocycles. The predicted octanol–water partition coefficient (Wildman–Crippen LogP) is 3.20. The smallest absolute Gasteiger partial charge is 0.223 e. The Labute approximate surface area is 135 Å². The van der Waals surface area contributed by atoms with Crippen LogP contribution in [0.25, 0.3) is 0 Å². The molecule has 0 bridgehead atoms. The number of carbonyl (C=O) groups excluding carboxylic acids is 1. The molecule has 0 saturated carbocycles. The molecule has 22 heavy (non-hydrogen) atoms.